The van der Waals surface area contributed by atoms with Crippen LogP contribution in [-0.2, 0) is 14.3 Å². The van der Waals surface area contributed by atoms with Gasteiger partial charge in [0.05, 0.1) is 11.3 Å². The second-order valence-corrected chi connectivity index (χ2v) is 7.66. The maximum Gasteiger partial charge on any atom is 0.410 e. The van der Waals surface area contributed by atoms with Crippen LogP contribution in [0.2, 0.25) is 0 Å². The van der Waals surface area contributed by atoms with Crippen molar-refractivity contribution in [3.63, 3.8) is 0 Å². The third kappa shape index (κ3) is 6.01. The van der Waals surface area contributed by atoms with Crippen LogP contribution in [0.1, 0.15) is 68.3 Å². The van der Waals surface area contributed by atoms with Gasteiger partial charge in [-0.1, -0.05) is 0 Å². The molecule has 0 spiro atoms. The van der Waals surface area contributed by atoms with Crippen molar-refractivity contribution < 1.29 is 23.9 Å². The number of carbonyl (C=O) groups is 3. The molecule has 2 rings (SSSR count). The normalized spacial score (nSPS) is 15.4. The Kier molecular flexibility index (Phi) is 6.51. The van der Waals surface area contributed by atoms with Crippen LogP contribution >= 0.6 is 0 Å². The van der Waals surface area contributed by atoms with Crippen molar-refractivity contribution in [2.75, 3.05) is 19.7 Å². The van der Waals surface area contributed by atoms with Crippen LogP contribution in [0.25, 0.3) is 0 Å². The average Bonchev–Trinajstić information content (AvgIpc) is 2.58. The lowest BCUT2D eigenvalue weighted by Gasteiger charge is -2.33. The van der Waals surface area contributed by atoms with Crippen LogP contribution in [0.3, 0.4) is 0 Å². The van der Waals surface area contributed by atoms with E-state index in [0.717, 1.165) is 0 Å². The molecular weight excluding hydrogens is 350 g/mol. The van der Waals surface area contributed by atoms with Gasteiger partial charge >= 0.3 is 12.1 Å². The van der Waals surface area contributed by atoms with Crippen molar-refractivity contribution in [1.82, 2.24) is 14.9 Å². The van der Waals surface area contributed by atoms with E-state index >= 15 is 0 Å². The number of Topliss-reactive ketones (excluding diaryl/α,β-unsaturated/α-hetero) is 1. The fraction of sp³-hybridized carbons (Fsp3) is 0.632. The first-order chi connectivity index (χ1) is 12.6. The second-order valence-electron chi connectivity index (χ2n) is 7.66. The molecule has 0 radical (unpaired) electrons. The number of nitrogens with zero attached hydrogens (tertiary/aromatic N) is 3. The van der Waals surface area contributed by atoms with Gasteiger partial charge in [0.15, 0.2) is 6.61 Å². The maximum atomic E-state index is 12.4. The van der Waals surface area contributed by atoms with Gasteiger partial charge in [0.2, 0.25) is 5.78 Å². The molecule has 1 amide bonds. The number of esters is 1. The molecule has 8 heteroatoms. The van der Waals surface area contributed by atoms with Crippen LogP contribution in [-0.4, -0.2) is 58.0 Å². The molecule has 27 heavy (non-hydrogen) atoms. The summed E-state index contributed by atoms with van der Waals surface area (Å²) in [6.07, 6.45) is 2.50. The summed E-state index contributed by atoms with van der Waals surface area (Å²) in [7, 11) is 0. The number of piperidine rings is 1. The molecule has 0 saturated carbocycles. The Balaban J connectivity index is 2.09. The van der Waals surface area contributed by atoms with Gasteiger partial charge in [-0.3, -0.25) is 9.59 Å². The number of aromatic nitrogens is 2. The highest BCUT2D eigenvalue weighted by atomic mass is 16.6. The van der Waals surface area contributed by atoms with E-state index in [-0.39, 0.29) is 24.4 Å². The van der Waals surface area contributed by atoms with E-state index in [1.807, 2.05) is 20.8 Å². The molecule has 148 valence electrons. The summed E-state index contributed by atoms with van der Waals surface area (Å²) < 4.78 is 10.2. The largest absolute Gasteiger partial charge is 0.457 e. The summed E-state index contributed by atoms with van der Waals surface area (Å²) >= 11 is 0. The van der Waals surface area contributed by atoms with Gasteiger partial charge < -0.3 is 14.4 Å². The number of carbonyl (C=O) groups excluding carboxylic acids is 3. The highest BCUT2D eigenvalue weighted by Gasteiger charge is 2.30. The van der Waals surface area contributed by atoms with E-state index in [4.69, 9.17) is 9.47 Å². The summed E-state index contributed by atoms with van der Waals surface area (Å²) in [5.74, 6) is -0.233. The first-order valence-corrected chi connectivity index (χ1v) is 9.05. The SMILES string of the molecule is CC(=O)OCC(=O)c1cnc(C)nc1C1CCN(C(=O)OC(C)(C)C)CC1. The fourth-order valence-corrected chi connectivity index (χ4v) is 2.92. The summed E-state index contributed by atoms with van der Waals surface area (Å²) in [5.41, 5.74) is 0.495. The summed E-state index contributed by atoms with van der Waals surface area (Å²) in [5, 5.41) is 0. The van der Waals surface area contributed by atoms with Gasteiger partial charge in [-0.2, -0.15) is 0 Å². The number of aryl methyl sites for hydroxylation is 1. The molecule has 0 N–H and O–H groups in total. The van der Waals surface area contributed by atoms with Gasteiger partial charge in [0.1, 0.15) is 11.4 Å². The lowest BCUT2D eigenvalue weighted by Crippen LogP contribution is -2.41. The number of amides is 1. The lowest BCUT2D eigenvalue weighted by molar-refractivity contribution is -0.139. The Labute approximate surface area is 159 Å². The van der Waals surface area contributed by atoms with Crippen molar-refractivity contribution in [1.29, 1.82) is 0 Å². The number of hydrogen-bond donors (Lipinski definition) is 0. The zero-order valence-electron chi connectivity index (χ0n) is 16.6. The third-order valence-corrected chi connectivity index (χ3v) is 4.18. The van der Waals surface area contributed by atoms with Crippen molar-refractivity contribution >= 4 is 17.8 Å². The Morgan fingerprint density at radius 1 is 1.22 bits per heavy atom. The quantitative estimate of drug-likeness (QED) is 0.587. The zero-order chi connectivity index (χ0) is 20.2. The van der Waals surface area contributed by atoms with E-state index < -0.39 is 11.6 Å². The summed E-state index contributed by atoms with van der Waals surface area (Å²) in [6.45, 7) is 9.25. The Hall–Kier alpha value is -2.51. The first kappa shape index (κ1) is 20.8. The number of hydrogen-bond acceptors (Lipinski definition) is 7. The van der Waals surface area contributed by atoms with E-state index in [1.165, 1.54) is 13.1 Å². The molecule has 0 atom stereocenters. The summed E-state index contributed by atoms with van der Waals surface area (Å²) in [6, 6.07) is 0. The van der Waals surface area contributed by atoms with E-state index in [2.05, 4.69) is 9.97 Å². The average molecular weight is 377 g/mol. The van der Waals surface area contributed by atoms with Crippen LogP contribution < -0.4 is 0 Å². The van der Waals surface area contributed by atoms with Crippen LogP contribution in [0.15, 0.2) is 6.20 Å². The predicted octanol–water partition coefficient (Wildman–Crippen LogP) is 2.65. The van der Waals surface area contributed by atoms with Crippen molar-refractivity contribution in [2.45, 2.75) is 59.0 Å². The monoisotopic (exact) mass is 377 g/mol. The molecule has 1 saturated heterocycles. The van der Waals surface area contributed by atoms with Crippen LogP contribution in [0.4, 0.5) is 4.79 Å². The van der Waals surface area contributed by atoms with Gasteiger partial charge in [-0.25, -0.2) is 14.8 Å². The Morgan fingerprint density at radius 3 is 2.41 bits per heavy atom. The minimum Gasteiger partial charge on any atom is -0.457 e. The first-order valence-electron chi connectivity index (χ1n) is 9.05. The molecule has 1 fully saturated rings. The van der Waals surface area contributed by atoms with Crippen LogP contribution in [0.5, 0.6) is 0 Å². The molecule has 0 aliphatic carbocycles. The predicted molar refractivity (Wildman–Crippen MR) is 97.5 cm³/mol. The van der Waals surface area contributed by atoms with E-state index in [0.29, 0.717) is 43.0 Å². The molecule has 2 heterocycles. The highest BCUT2D eigenvalue weighted by Crippen LogP contribution is 2.30. The zero-order valence-corrected chi connectivity index (χ0v) is 16.6. The van der Waals surface area contributed by atoms with Crippen molar-refractivity contribution in [3.8, 4) is 0 Å². The number of ketones is 1. The van der Waals surface area contributed by atoms with E-state index in [1.54, 1.807) is 11.8 Å². The van der Waals surface area contributed by atoms with Gasteiger partial charge in [-0.05, 0) is 40.5 Å². The molecule has 1 aliphatic rings. The second kappa shape index (κ2) is 8.45. The standard InChI is InChI=1S/C19H27N3O5/c1-12-20-10-15(16(24)11-26-13(2)23)17(21-12)14-6-8-22(9-7-14)18(25)27-19(3,4)5/h10,14H,6-9,11H2,1-5H3. The minimum absolute atomic E-state index is 0.0293. The smallest absolute Gasteiger partial charge is 0.410 e. The van der Waals surface area contributed by atoms with Gasteiger partial charge in [0, 0.05) is 32.1 Å². The third-order valence-electron chi connectivity index (χ3n) is 4.18. The number of likely N-dealkylation sites (tertiary alicyclic amines) is 1. The molecular formula is C19H27N3O5. The topological polar surface area (TPSA) is 98.7 Å². The molecule has 0 aromatic carbocycles. The molecule has 1 aromatic heterocycles. The minimum atomic E-state index is -0.534. The molecule has 8 nitrogen and oxygen atoms in total. The number of rotatable bonds is 4. The highest BCUT2D eigenvalue weighted by molar-refractivity contribution is 5.98. The van der Waals surface area contributed by atoms with Crippen molar-refractivity contribution in [2.24, 2.45) is 0 Å². The summed E-state index contributed by atoms with van der Waals surface area (Å²) in [4.78, 5) is 45.8. The molecule has 1 aliphatic heterocycles. The maximum absolute atomic E-state index is 12.4. The molecule has 0 unspecified atom stereocenters. The molecule has 1 aromatic rings. The Morgan fingerprint density at radius 2 is 1.85 bits per heavy atom. The fourth-order valence-electron chi connectivity index (χ4n) is 2.92. The van der Waals surface area contributed by atoms with Crippen LogP contribution in [0, 0.1) is 6.92 Å². The van der Waals surface area contributed by atoms with Gasteiger partial charge in [0.25, 0.3) is 0 Å². The number of ether oxygens (including phenoxy) is 2. The van der Waals surface area contributed by atoms with Crippen molar-refractivity contribution in [3.05, 3.63) is 23.3 Å². The molecule has 0 bridgehead atoms. The lowest BCUT2D eigenvalue weighted by atomic mass is 9.90. The van der Waals surface area contributed by atoms with E-state index in [9.17, 15) is 14.4 Å². The van der Waals surface area contributed by atoms with Gasteiger partial charge in [-0.15, -0.1) is 0 Å². The Bertz CT molecular complexity index is 719.